The maximum atomic E-state index is 13.8. The average Bonchev–Trinajstić information content (AvgIpc) is 3.44. The zero-order valence-corrected chi connectivity index (χ0v) is 21.8. The maximum absolute atomic E-state index is 13.8. The number of aromatic nitrogens is 2. The normalized spacial score (nSPS) is 26.9. The van der Waals surface area contributed by atoms with Gasteiger partial charge < -0.3 is 5.32 Å². The molecular weight excluding hydrogens is 450 g/mol. The Morgan fingerprint density at radius 3 is 2.64 bits per heavy atom. The number of fused-ring (bicyclic) bond motifs is 3. The van der Waals surface area contributed by atoms with Gasteiger partial charge in [0.15, 0.2) is 5.16 Å². The Morgan fingerprint density at radius 2 is 1.85 bits per heavy atom. The summed E-state index contributed by atoms with van der Waals surface area (Å²) in [4.78, 5) is 34.3. The van der Waals surface area contributed by atoms with Crippen molar-refractivity contribution in [2.24, 2.45) is 11.8 Å². The topological polar surface area (TPSA) is 64.0 Å². The smallest absolute Gasteiger partial charge is 0.263 e. The summed E-state index contributed by atoms with van der Waals surface area (Å²) in [6.45, 7) is 6.52. The van der Waals surface area contributed by atoms with E-state index in [0.29, 0.717) is 11.8 Å². The van der Waals surface area contributed by atoms with Gasteiger partial charge >= 0.3 is 0 Å². The molecular formula is C26H37N3O2S2. The van der Waals surface area contributed by atoms with Crippen molar-refractivity contribution in [3.63, 3.8) is 0 Å². The van der Waals surface area contributed by atoms with Gasteiger partial charge in [0.25, 0.3) is 5.56 Å². The summed E-state index contributed by atoms with van der Waals surface area (Å²) in [7, 11) is 0. The molecule has 0 unspecified atom stereocenters. The van der Waals surface area contributed by atoms with Crippen LogP contribution in [0.5, 0.6) is 0 Å². The van der Waals surface area contributed by atoms with E-state index in [2.05, 4.69) is 19.2 Å². The van der Waals surface area contributed by atoms with Crippen LogP contribution in [-0.4, -0.2) is 26.8 Å². The number of carbonyl (C=O) groups excluding carboxylic acids is 1. The van der Waals surface area contributed by atoms with E-state index >= 15 is 0 Å². The summed E-state index contributed by atoms with van der Waals surface area (Å²) in [6, 6.07) is 0.464. The van der Waals surface area contributed by atoms with Crippen molar-refractivity contribution in [3.8, 4) is 0 Å². The first-order chi connectivity index (χ1) is 15.9. The lowest BCUT2D eigenvalue weighted by Crippen LogP contribution is -2.46. The molecule has 7 heteroatoms. The van der Waals surface area contributed by atoms with E-state index in [1.807, 2.05) is 11.5 Å². The molecule has 0 saturated heterocycles. The number of carbonyl (C=O) groups is 1. The Labute approximate surface area is 205 Å². The van der Waals surface area contributed by atoms with E-state index in [4.69, 9.17) is 4.98 Å². The molecule has 2 fully saturated rings. The lowest BCUT2D eigenvalue weighted by Gasteiger charge is -2.35. The highest BCUT2D eigenvalue weighted by atomic mass is 32.2. The number of nitrogens with one attached hydrogen (secondary N) is 1. The number of aryl methyl sites for hydroxylation is 2. The van der Waals surface area contributed by atoms with Gasteiger partial charge in [-0.1, -0.05) is 51.3 Å². The van der Waals surface area contributed by atoms with Gasteiger partial charge in [0.1, 0.15) is 4.83 Å². The fourth-order valence-corrected chi connectivity index (χ4v) is 8.35. The molecule has 33 heavy (non-hydrogen) atoms. The van der Waals surface area contributed by atoms with Crippen molar-refractivity contribution in [1.82, 2.24) is 14.9 Å². The van der Waals surface area contributed by atoms with Crippen molar-refractivity contribution < 1.29 is 4.79 Å². The minimum atomic E-state index is -0.277. The van der Waals surface area contributed by atoms with Crippen molar-refractivity contribution in [2.75, 3.05) is 0 Å². The zero-order chi connectivity index (χ0) is 23.1. The summed E-state index contributed by atoms with van der Waals surface area (Å²) < 4.78 is 1.97. The second-order valence-electron chi connectivity index (χ2n) is 10.5. The van der Waals surface area contributed by atoms with Crippen LogP contribution in [0.2, 0.25) is 0 Å². The van der Waals surface area contributed by atoms with Gasteiger partial charge in [0.05, 0.1) is 10.6 Å². The Kier molecular flexibility index (Phi) is 6.90. The maximum Gasteiger partial charge on any atom is 0.263 e. The molecule has 1 N–H and O–H groups in total. The Morgan fingerprint density at radius 1 is 1.09 bits per heavy atom. The lowest BCUT2D eigenvalue weighted by molar-refractivity contribution is -0.121. The van der Waals surface area contributed by atoms with E-state index < -0.39 is 0 Å². The van der Waals surface area contributed by atoms with E-state index in [1.54, 1.807) is 11.3 Å². The first-order valence-electron chi connectivity index (χ1n) is 13.0. The highest BCUT2D eigenvalue weighted by molar-refractivity contribution is 8.00. The Hall–Kier alpha value is -1.34. The summed E-state index contributed by atoms with van der Waals surface area (Å²) in [5, 5.41) is 4.66. The molecule has 0 radical (unpaired) electrons. The van der Waals surface area contributed by atoms with E-state index in [9.17, 15) is 9.59 Å². The van der Waals surface area contributed by atoms with Crippen LogP contribution >= 0.6 is 23.1 Å². The standard InChI is InChI=1S/C26H37N3O2S2/c1-15-9-8-13-20(16(15)2)27-23(30)17(3)32-26-28-24-22(19-12-6-7-14-21(19)33-24)25(31)29(26)18-10-4-5-11-18/h15-18,20H,4-14H2,1-3H3,(H,27,30)/t15-,16-,17+,20-/m1/s1. The highest BCUT2D eigenvalue weighted by Crippen LogP contribution is 2.38. The third kappa shape index (κ3) is 4.52. The van der Waals surface area contributed by atoms with Crippen molar-refractivity contribution in [3.05, 3.63) is 20.8 Å². The van der Waals surface area contributed by atoms with Crippen molar-refractivity contribution in [1.29, 1.82) is 0 Å². The number of nitrogens with zero attached hydrogens (tertiary/aromatic N) is 2. The predicted molar refractivity (Wildman–Crippen MR) is 137 cm³/mol. The molecule has 5 nitrogen and oxygen atoms in total. The molecule has 180 valence electrons. The Balaban J connectivity index is 1.44. The number of amides is 1. The van der Waals surface area contributed by atoms with Gasteiger partial charge in [-0.2, -0.15) is 0 Å². The predicted octanol–water partition coefficient (Wildman–Crippen LogP) is 5.87. The van der Waals surface area contributed by atoms with Crippen LogP contribution in [0.1, 0.15) is 95.0 Å². The lowest BCUT2D eigenvalue weighted by atomic mass is 9.78. The molecule has 2 aromatic rings. The van der Waals surface area contributed by atoms with Gasteiger partial charge in [-0.05, 0) is 69.3 Å². The molecule has 5 rings (SSSR count). The SMILES string of the molecule is C[C@@H]1[C@H](C)CCC[C@H]1NC(=O)[C@H](C)Sc1nc2sc3c(c2c(=O)n1C1CCCC1)CCCC3. The molecule has 0 aromatic carbocycles. The van der Waals surface area contributed by atoms with Crippen molar-refractivity contribution in [2.45, 2.75) is 114 Å². The third-order valence-corrected chi connectivity index (χ3v) is 10.6. The first-order valence-corrected chi connectivity index (χ1v) is 14.7. The molecule has 0 bridgehead atoms. The molecule has 3 aliphatic carbocycles. The van der Waals surface area contributed by atoms with E-state index in [1.165, 1.54) is 41.5 Å². The van der Waals surface area contributed by atoms with E-state index in [0.717, 1.165) is 66.7 Å². The van der Waals surface area contributed by atoms with Gasteiger partial charge in [-0.25, -0.2) is 4.98 Å². The second kappa shape index (κ2) is 9.73. The molecule has 4 atom stereocenters. The second-order valence-corrected chi connectivity index (χ2v) is 12.9. The van der Waals surface area contributed by atoms with Crippen LogP contribution in [0.15, 0.2) is 9.95 Å². The Bertz CT molecular complexity index is 1090. The first kappa shape index (κ1) is 23.4. The number of thioether (sulfide) groups is 1. The monoisotopic (exact) mass is 487 g/mol. The fraction of sp³-hybridized carbons (Fsp3) is 0.731. The van der Waals surface area contributed by atoms with Gasteiger partial charge in [-0.3, -0.25) is 14.2 Å². The van der Waals surface area contributed by atoms with Gasteiger partial charge in [0.2, 0.25) is 5.91 Å². The molecule has 2 heterocycles. The molecule has 1 amide bonds. The summed E-state index contributed by atoms with van der Waals surface area (Å²) in [5.41, 5.74) is 1.39. The molecule has 0 aliphatic heterocycles. The highest BCUT2D eigenvalue weighted by Gasteiger charge is 2.31. The van der Waals surface area contributed by atoms with Crippen molar-refractivity contribution >= 4 is 39.2 Å². The molecule has 2 aromatic heterocycles. The molecule has 2 saturated carbocycles. The van der Waals surface area contributed by atoms with Crippen LogP contribution < -0.4 is 10.9 Å². The number of hydrogen-bond donors (Lipinski definition) is 1. The zero-order valence-electron chi connectivity index (χ0n) is 20.2. The quantitative estimate of drug-likeness (QED) is 0.423. The minimum absolute atomic E-state index is 0.0729. The summed E-state index contributed by atoms with van der Waals surface area (Å²) >= 11 is 3.18. The van der Waals surface area contributed by atoms with Crippen LogP contribution in [0.4, 0.5) is 0 Å². The largest absolute Gasteiger partial charge is 0.352 e. The average molecular weight is 488 g/mol. The number of rotatable bonds is 5. The van der Waals surface area contributed by atoms with Gasteiger partial charge in [0, 0.05) is 17.0 Å². The minimum Gasteiger partial charge on any atom is -0.352 e. The number of thiophene rings is 1. The van der Waals surface area contributed by atoms with Crippen LogP contribution in [0.3, 0.4) is 0 Å². The summed E-state index contributed by atoms with van der Waals surface area (Å²) in [5.74, 6) is 1.22. The molecule has 0 spiro atoms. The van der Waals surface area contributed by atoms with Gasteiger partial charge in [-0.15, -0.1) is 11.3 Å². The third-order valence-electron chi connectivity index (χ3n) is 8.36. The van der Waals surface area contributed by atoms with E-state index in [-0.39, 0.29) is 28.8 Å². The van der Waals surface area contributed by atoms with Crippen LogP contribution in [-0.2, 0) is 17.6 Å². The summed E-state index contributed by atoms with van der Waals surface area (Å²) in [6.07, 6.45) is 12.3. The van der Waals surface area contributed by atoms with Crippen LogP contribution in [0.25, 0.3) is 10.2 Å². The van der Waals surface area contributed by atoms with Crippen LogP contribution in [0, 0.1) is 11.8 Å². The number of hydrogen-bond acceptors (Lipinski definition) is 5. The molecule has 3 aliphatic rings. The fourth-order valence-electron chi connectivity index (χ4n) is 6.06.